The standard InChI is InChI=1S/C12H13FN2O/c1-8-6-12(15-5-3-4-14-15)10(9(2)16)7-11(8)13/h3-7,9,16H,1-2H3. The van der Waals surface area contributed by atoms with Crippen LogP contribution in [0.1, 0.15) is 24.2 Å². The molecule has 0 radical (unpaired) electrons. The van der Waals surface area contributed by atoms with Gasteiger partial charge in [-0.15, -0.1) is 0 Å². The van der Waals surface area contributed by atoms with Crippen LogP contribution in [-0.4, -0.2) is 14.9 Å². The van der Waals surface area contributed by atoms with Crippen molar-refractivity contribution in [2.24, 2.45) is 0 Å². The molecule has 1 atom stereocenters. The summed E-state index contributed by atoms with van der Waals surface area (Å²) in [6.45, 7) is 3.30. The van der Waals surface area contributed by atoms with E-state index in [2.05, 4.69) is 5.10 Å². The highest BCUT2D eigenvalue weighted by Crippen LogP contribution is 2.24. The lowest BCUT2D eigenvalue weighted by molar-refractivity contribution is 0.198. The van der Waals surface area contributed by atoms with Crippen molar-refractivity contribution in [3.05, 3.63) is 47.5 Å². The Morgan fingerprint density at radius 2 is 2.19 bits per heavy atom. The average molecular weight is 220 g/mol. The number of hydrogen-bond donors (Lipinski definition) is 1. The van der Waals surface area contributed by atoms with E-state index in [1.54, 1.807) is 43.1 Å². The van der Waals surface area contributed by atoms with Crippen molar-refractivity contribution in [2.75, 3.05) is 0 Å². The van der Waals surface area contributed by atoms with E-state index in [0.717, 1.165) is 0 Å². The van der Waals surface area contributed by atoms with Crippen LogP contribution >= 0.6 is 0 Å². The molecule has 4 heteroatoms. The highest BCUT2D eigenvalue weighted by atomic mass is 19.1. The molecular formula is C12H13FN2O. The third-order valence-corrected chi connectivity index (χ3v) is 2.51. The van der Waals surface area contributed by atoms with Crippen LogP contribution in [0.4, 0.5) is 4.39 Å². The molecule has 3 nitrogen and oxygen atoms in total. The van der Waals surface area contributed by atoms with E-state index in [1.165, 1.54) is 6.07 Å². The van der Waals surface area contributed by atoms with Gasteiger partial charge in [0, 0.05) is 18.0 Å². The van der Waals surface area contributed by atoms with E-state index >= 15 is 0 Å². The molecule has 0 aliphatic heterocycles. The van der Waals surface area contributed by atoms with Crippen molar-refractivity contribution in [3.63, 3.8) is 0 Å². The number of aryl methyl sites for hydroxylation is 1. The van der Waals surface area contributed by atoms with Crippen LogP contribution in [-0.2, 0) is 0 Å². The Morgan fingerprint density at radius 1 is 1.44 bits per heavy atom. The summed E-state index contributed by atoms with van der Waals surface area (Å²) in [4.78, 5) is 0. The molecule has 0 spiro atoms. The Morgan fingerprint density at radius 3 is 2.75 bits per heavy atom. The minimum Gasteiger partial charge on any atom is -0.389 e. The second-order valence-electron chi connectivity index (χ2n) is 3.79. The molecule has 1 N–H and O–H groups in total. The summed E-state index contributed by atoms with van der Waals surface area (Å²) in [7, 11) is 0. The summed E-state index contributed by atoms with van der Waals surface area (Å²) in [5.74, 6) is -0.313. The predicted octanol–water partition coefficient (Wildman–Crippen LogP) is 2.37. The normalized spacial score (nSPS) is 12.8. The van der Waals surface area contributed by atoms with E-state index in [1.807, 2.05) is 0 Å². The Bertz CT molecular complexity index is 492. The van der Waals surface area contributed by atoms with Gasteiger partial charge in [0.1, 0.15) is 5.82 Å². The van der Waals surface area contributed by atoms with Gasteiger partial charge in [-0.3, -0.25) is 0 Å². The number of nitrogens with zero attached hydrogens (tertiary/aromatic N) is 2. The van der Waals surface area contributed by atoms with Gasteiger partial charge in [-0.2, -0.15) is 5.10 Å². The van der Waals surface area contributed by atoms with E-state index in [0.29, 0.717) is 16.8 Å². The fraction of sp³-hybridized carbons (Fsp3) is 0.250. The maximum Gasteiger partial charge on any atom is 0.126 e. The van der Waals surface area contributed by atoms with Gasteiger partial charge in [-0.05, 0) is 37.6 Å². The Hall–Kier alpha value is -1.68. The smallest absolute Gasteiger partial charge is 0.126 e. The van der Waals surface area contributed by atoms with Crippen LogP contribution in [0.2, 0.25) is 0 Å². The van der Waals surface area contributed by atoms with E-state index in [-0.39, 0.29) is 5.82 Å². The van der Waals surface area contributed by atoms with Gasteiger partial charge < -0.3 is 5.11 Å². The van der Waals surface area contributed by atoms with Gasteiger partial charge in [0.15, 0.2) is 0 Å². The van der Waals surface area contributed by atoms with Crippen molar-refractivity contribution < 1.29 is 9.50 Å². The molecule has 0 bridgehead atoms. The Kier molecular flexibility index (Phi) is 2.75. The number of aliphatic hydroxyl groups excluding tert-OH is 1. The fourth-order valence-corrected chi connectivity index (χ4v) is 1.63. The van der Waals surface area contributed by atoms with Gasteiger partial charge in [0.2, 0.25) is 0 Å². The Labute approximate surface area is 93.2 Å². The van der Waals surface area contributed by atoms with E-state index in [4.69, 9.17) is 0 Å². The molecule has 1 aromatic carbocycles. The van der Waals surface area contributed by atoms with Gasteiger partial charge in [-0.1, -0.05) is 0 Å². The highest BCUT2D eigenvalue weighted by Gasteiger charge is 2.13. The van der Waals surface area contributed by atoms with Gasteiger partial charge in [-0.25, -0.2) is 9.07 Å². The predicted molar refractivity (Wildman–Crippen MR) is 58.9 cm³/mol. The molecule has 1 aromatic heterocycles. The second kappa shape index (κ2) is 4.06. The summed E-state index contributed by atoms with van der Waals surface area (Å²) in [5, 5.41) is 13.7. The van der Waals surface area contributed by atoms with Crippen molar-refractivity contribution in [3.8, 4) is 5.69 Å². The first-order chi connectivity index (χ1) is 7.59. The van der Waals surface area contributed by atoms with Crippen LogP contribution in [0.25, 0.3) is 5.69 Å². The number of rotatable bonds is 2. The number of benzene rings is 1. The number of halogens is 1. The zero-order valence-electron chi connectivity index (χ0n) is 9.18. The maximum absolute atomic E-state index is 13.4. The van der Waals surface area contributed by atoms with E-state index < -0.39 is 6.10 Å². The first-order valence-electron chi connectivity index (χ1n) is 5.07. The monoisotopic (exact) mass is 220 g/mol. The van der Waals surface area contributed by atoms with Crippen LogP contribution in [0.15, 0.2) is 30.6 Å². The molecule has 2 rings (SSSR count). The summed E-state index contributed by atoms with van der Waals surface area (Å²) in [5.41, 5.74) is 1.78. The lowest BCUT2D eigenvalue weighted by Crippen LogP contribution is -2.05. The molecule has 0 aliphatic rings. The van der Waals surface area contributed by atoms with Crippen molar-refractivity contribution in [1.82, 2.24) is 9.78 Å². The van der Waals surface area contributed by atoms with Gasteiger partial charge in [0.25, 0.3) is 0 Å². The maximum atomic E-state index is 13.4. The molecule has 16 heavy (non-hydrogen) atoms. The molecular weight excluding hydrogens is 207 g/mol. The Balaban J connectivity index is 2.63. The summed E-state index contributed by atoms with van der Waals surface area (Å²) in [6, 6.07) is 4.83. The first kappa shape index (κ1) is 10.8. The quantitative estimate of drug-likeness (QED) is 0.843. The third kappa shape index (κ3) is 1.84. The highest BCUT2D eigenvalue weighted by molar-refractivity contribution is 5.44. The molecule has 0 fully saturated rings. The summed E-state index contributed by atoms with van der Waals surface area (Å²) in [6.07, 6.45) is 2.68. The molecule has 0 saturated carbocycles. The van der Waals surface area contributed by atoms with Crippen LogP contribution in [0.3, 0.4) is 0 Å². The zero-order chi connectivity index (χ0) is 11.7. The number of hydrogen-bond acceptors (Lipinski definition) is 2. The molecule has 1 unspecified atom stereocenters. The van der Waals surface area contributed by atoms with Crippen molar-refractivity contribution in [1.29, 1.82) is 0 Å². The average Bonchev–Trinajstić information content (AvgIpc) is 2.74. The van der Waals surface area contributed by atoms with Gasteiger partial charge in [0.05, 0.1) is 11.8 Å². The lowest BCUT2D eigenvalue weighted by atomic mass is 10.1. The second-order valence-corrected chi connectivity index (χ2v) is 3.79. The molecule has 2 aromatic rings. The van der Waals surface area contributed by atoms with Gasteiger partial charge >= 0.3 is 0 Å². The zero-order valence-corrected chi connectivity index (χ0v) is 9.18. The summed E-state index contributed by atoms with van der Waals surface area (Å²) < 4.78 is 15.0. The molecule has 0 saturated heterocycles. The topological polar surface area (TPSA) is 38.0 Å². The van der Waals surface area contributed by atoms with E-state index in [9.17, 15) is 9.50 Å². The molecule has 0 aliphatic carbocycles. The SMILES string of the molecule is Cc1cc(-n2cccn2)c(C(C)O)cc1F. The number of aliphatic hydroxyl groups is 1. The molecule has 1 heterocycles. The van der Waals surface area contributed by atoms with Crippen LogP contribution < -0.4 is 0 Å². The third-order valence-electron chi connectivity index (χ3n) is 2.51. The summed E-state index contributed by atoms with van der Waals surface area (Å²) >= 11 is 0. The van der Waals surface area contributed by atoms with Crippen molar-refractivity contribution in [2.45, 2.75) is 20.0 Å². The molecule has 0 amide bonds. The van der Waals surface area contributed by atoms with Crippen molar-refractivity contribution >= 4 is 0 Å². The molecule has 84 valence electrons. The largest absolute Gasteiger partial charge is 0.389 e. The fourth-order valence-electron chi connectivity index (χ4n) is 1.63. The lowest BCUT2D eigenvalue weighted by Gasteiger charge is -2.13. The first-order valence-corrected chi connectivity index (χ1v) is 5.07. The minimum atomic E-state index is -0.728. The van der Waals surface area contributed by atoms with Crippen LogP contribution in [0.5, 0.6) is 0 Å². The van der Waals surface area contributed by atoms with Crippen LogP contribution in [0, 0.1) is 12.7 Å². The number of aromatic nitrogens is 2. The minimum absolute atomic E-state index is 0.313.